The molecular formula is C20H32O2. The highest BCUT2D eigenvalue weighted by Crippen LogP contribution is 2.59. The molecule has 0 aromatic rings. The Labute approximate surface area is 135 Å². The lowest BCUT2D eigenvalue weighted by Gasteiger charge is -2.54. The van der Waals surface area contributed by atoms with E-state index in [0.717, 1.165) is 32.1 Å². The highest BCUT2D eigenvalue weighted by atomic mass is 16.3. The predicted molar refractivity (Wildman–Crippen MR) is 91.6 cm³/mol. The third kappa shape index (κ3) is 2.95. The van der Waals surface area contributed by atoms with E-state index < -0.39 is 5.60 Å². The van der Waals surface area contributed by atoms with Crippen LogP contribution in [0.5, 0.6) is 0 Å². The Morgan fingerprint density at radius 2 is 2.09 bits per heavy atom. The average molecular weight is 304 g/mol. The van der Waals surface area contributed by atoms with Crippen molar-refractivity contribution in [1.82, 2.24) is 0 Å². The molecular weight excluding hydrogens is 272 g/mol. The van der Waals surface area contributed by atoms with E-state index in [2.05, 4.69) is 27.4 Å². The van der Waals surface area contributed by atoms with Crippen LogP contribution in [0.25, 0.3) is 0 Å². The topological polar surface area (TPSA) is 37.3 Å². The molecule has 0 saturated heterocycles. The number of fused-ring (bicyclic) bond motifs is 1. The summed E-state index contributed by atoms with van der Waals surface area (Å²) in [7, 11) is 0. The molecule has 4 atom stereocenters. The zero-order chi connectivity index (χ0) is 16.6. The number of hydrogen-bond donors (Lipinski definition) is 1. The molecule has 2 heteroatoms. The van der Waals surface area contributed by atoms with Crippen molar-refractivity contribution in [3.8, 4) is 0 Å². The summed E-state index contributed by atoms with van der Waals surface area (Å²) in [6.45, 7) is 12.3. The van der Waals surface area contributed by atoms with Gasteiger partial charge < -0.3 is 9.90 Å². The summed E-state index contributed by atoms with van der Waals surface area (Å²) >= 11 is 0. The van der Waals surface area contributed by atoms with E-state index in [1.807, 2.05) is 6.92 Å². The molecule has 1 fully saturated rings. The van der Waals surface area contributed by atoms with Crippen molar-refractivity contribution in [1.29, 1.82) is 0 Å². The lowest BCUT2D eigenvalue weighted by molar-refractivity contribution is -0.125. The summed E-state index contributed by atoms with van der Waals surface area (Å²) < 4.78 is 0. The van der Waals surface area contributed by atoms with Crippen LogP contribution in [-0.4, -0.2) is 17.0 Å². The van der Waals surface area contributed by atoms with Gasteiger partial charge in [0.15, 0.2) is 0 Å². The molecule has 0 amide bonds. The molecule has 0 aromatic heterocycles. The predicted octanol–water partition coefficient (Wildman–Crippen LogP) is 4.83. The Morgan fingerprint density at radius 1 is 1.41 bits per heavy atom. The van der Waals surface area contributed by atoms with Gasteiger partial charge in [0.1, 0.15) is 6.29 Å². The molecule has 0 bridgehead atoms. The van der Waals surface area contributed by atoms with Crippen LogP contribution in [0, 0.1) is 16.7 Å². The zero-order valence-corrected chi connectivity index (χ0v) is 14.7. The molecule has 0 spiro atoms. The molecule has 2 rings (SSSR count). The van der Waals surface area contributed by atoms with Crippen LogP contribution in [0.15, 0.2) is 23.8 Å². The molecule has 124 valence electrons. The number of aliphatic hydroxyl groups is 1. The number of allylic oxidation sites excluding steroid dienone is 2. The second kappa shape index (κ2) is 5.96. The summed E-state index contributed by atoms with van der Waals surface area (Å²) in [4.78, 5) is 11.8. The summed E-state index contributed by atoms with van der Waals surface area (Å²) in [6, 6.07) is 0. The van der Waals surface area contributed by atoms with Gasteiger partial charge in [0.2, 0.25) is 0 Å². The Balaban J connectivity index is 2.31. The maximum absolute atomic E-state index is 11.8. The first-order valence-corrected chi connectivity index (χ1v) is 8.70. The molecule has 2 aliphatic rings. The van der Waals surface area contributed by atoms with Crippen LogP contribution in [0.1, 0.15) is 72.6 Å². The molecule has 2 nitrogen and oxygen atoms in total. The van der Waals surface area contributed by atoms with Crippen molar-refractivity contribution >= 4 is 6.29 Å². The first-order valence-electron chi connectivity index (χ1n) is 8.70. The van der Waals surface area contributed by atoms with Gasteiger partial charge in [-0.2, -0.15) is 0 Å². The minimum Gasteiger partial charge on any atom is -0.386 e. The minimum atomic E-state index is -0.806. The second-order valence-corrected chi connectivity index (χ2v) is 8.31. The van der Waals surface area contributed by atoms with Gasteiger partial charge in [0, 0.05) is 5.41 Å². The highest BCUT2D eigenvalue weighted by Gasteiger charge is 2.51. The highest BCUT2D eigenvalue weighted by molar-refractivity contribution is 5.60. The largest absolute Gasteiger partial charge is 0.386 e. The van der Waals surface area contributed by atoms with Gasteiger partial charge >= 0.3 is 0 Å². The van der Waals surface area contributed by atoms with Crippen molar-refractivity contribution in [3.63, 3.8) is 0 Å². The number of rotatable bonds is 5. The molecule has 22 heavy (non-hydrogen) atoms. The third-order valence-electron chi connectivity index (χ3n) is 6.58. The monoisotopic (exact) mass is 304 g/mol. The van der Waals surface area contributed by atoms with Crippen LogP contribution in [0.3, 0.4) is 0 Å². The Hall–Kier alpha value is -0.890. The Morgan fingerprint density at radius 3 is 2.68 bits per heavy atom. The van der Waals surface area contributed by atoms with Crippen LogP contribution in [0.2, 0.25) is 0 Å². The Bertz CT molecular complexity index is 488. The van der Waals surface area contributed by atoms with E-state index in [4.69, 9.17) is 0 Å². The summed E-state index contributed by atoms with van der Waals surface area (Å²) in [5.41, 5.74) is 2.11. The summed E-state index contributed by atoms with van der Waals surface area (Å²) in [6.07, 6.45) is 10.0. The van der Waals surface area contributed by atoms with Gasteiger partial charge in [0.05, 0.1) is 5.60 Å². The molecule has 0 aliphatic heterocycles. The van der Waals surface area contributed by atoms with E-state index in [1.54, 1.807) is 6.08 Å². The molecule has 2 aliphatic carbocycles. The van der Waals surface area contributed by atoms with E-state index in [-0.39, 0.29) is 10.8 Å². The van der Waals surface area contributed by atoms with E-state index in [1.165, 1.54) is 23.9 Å². The smallest absolute Gasteiger partial charge is 0.126 e. The van der Waals surface area contributed by atoms with Crippen molar-refractivity contribution in [2.45, 2.75) is 78.2 Å². The normalized spacial score (nSPS) is 38.1. The minimum absolute atomic E-state index is 0.119. The van der Waals surface area contributed by atoms with Crippen LogP contribution in [0.4, 0.5) is 0 Å². The SMILES string of the molecule is C=CC(C)(O)CCC1=C(C)CCC2C(C)(C=O)CCCC12C. The standard InChI is InChI=1S/C20H32O2/c1-6-19(4,22)13-10-16-15(2)8-9-17-18(3,14-21)11-7-12-20(16,17)5/h6,14,17,22H,1,7-13H2,2-5H3. The van der Waals surface area contributed by atoms with E-state index >= 15 is 0 Å². The van der Waals surface area contributed by atoms with Gasteiger partial charge in [0.25, 0.3) is 0 Å². The van der Waals surface area contributed by atoms with Gasteiger partial charge in [-0.05, 0) is 63.7 Å². The van der Waals surface area contributed by atoms with Gasteiger partial charge in [-0.25, -0.2) is 0 Å². The molecule has 4 unspecified atom stereocenters. The fourth-order valence-corrected chi connectivity index (χ4v) is 5.04. The van der Waals surface area contributed by atoms with Crippen molar-refractivity contribution < 1.29 is 9.90 Å². The molecule has 0 radical (unpaired) electrons. The lowest BCUT2D eigenvalue weighted by atomic mass is 9.49. The molecule has 1 N–H and O–H groups in total. The second-order valence-electron chi connectivity index (χ2n) is 8.31. The van der Waals surface area contributed by atoms with Gasteiger partial charge in [-0.15, -0.1) is 6.58 Å². The number of aldehydes is 1. The fourth-order valence-electron chi connectivity index (χ4n) is 5.04. The summed E-state index contributed by atoms with van der Waals surface area (Å²) in [5, 5.41) is 10.3. The van der Waals surface area contributed by atoms with Crippen LogP contribution in [-0.2, 0) is 4.79 Å². The molecule has 0 aromatic carbocycles. The maximum atomic E-state index is 11.8. The van der Waals surface area contributed by atoms with Crippen LogP contribution >= 0.6 is 0 Å². The van der Waals surface area contributed by atoms with Gasteiger partial charge in [-0.1, -0.05) is 37.5 Å². The number of carbonyl (C=O) groups excluding carboxylic acids is 1. The maximum Gasteiger partial charge on any atom is 0.126 e. The molecule has 1 saturated carbocycles. The zero-order valence-electron chi connectivity index (χ0n) is 14.7. The Kier molecular flexibility index (Phi) is 4.73. The van der Waals surface area contributed by atoms with Crippen molar-refractivity contribution in [2.24, 2.45) is 16.7 Å². The first kappa shape index (κ1) is 17.5. The van der Waals surface area contributed by atoms with E-state index in [0.29, 0.717) is 12.3 Å². The third-order valence-corrected chi connectivity index (χ3v) is 6.58. The quantitative estimate of drug-likeness (QED) is 0.583. The van der Waals surface area contributed by atoms with Crippen molar-refractivity contribution in [3.05, 3.63) is 23.8 Å². The van der Waals surface area contributed by atoms with Gasteiger partial charge in [-0.3, -0.25) is 0 Å². The number of hydrogen-bond acceptors (Lipinski definition) is 2. The van der Waals surface area contributed by atoms with E-state index in [9.17, 15) is 9.90 Å². The number of carbonyl (C=O) groups is 1. The lowest BCUT2D eigenvalue weighted by Crippen LogP contribution is -2.47. The average Bonchev–Trinajstić information content (AvgIpc) is 2.46. The van der Waals surface area contributed by atoms with Crippen molar-refractivity contribution in [2.75, 3.05) is 0 Å². The molecule has 0 heterocycles. The first-order chi connectivity index (χ1) is 10.2. The fraction of sp³-hybridized carbons (Fsp3) is 0.750. The summed E-state index contributed by atoms with van der Waals surface area (Å²) in [5.74, 6) is 0.443. The van der Waals surface area contributed by atoms with Crippen LogP contribution < -0.4 is 0 Å².